The monoisotopic (exact) mass is 533 g/mol. The molecule has 38 heavy (non-hydrogen) atoms. The van der Waals surface area contributed by atoms with Crippen molar-refractivity contribution in [1.82, 2.24) is 10.9 Å². The summed E-state index contributed by atoms with van der Waals surface area (Å²) >= 11 is 0. The lowest BCUT2D eigenvalue weighted by molar-refractivity contribution is -0.155. The predicted molar refractivity (Wildman–Crippen MR) is 143 cm³/mol. The summed E-state index contributed by atoms with van der Waals surface area (Å²) in [5, 5.41) is 19.7. The minimum Gasteiger partial charge on any atom is -0.494 e. The van der Waals surface area contributed by atoms with Gasteiger partial charge in [0.2, 0.25) is 5.90 Å². The van der Waals surface area contributed by atoms with Crippen LogP contribution in [0.25, 0.3) is 0 Å². The third-order valence-corrected chi connectivity index (χ3v) is 6.86. The summed E-state index contributed by atoms with van der Waals surface area (Å²) < 4.78 is 17.1. The normalized spacial score (nSPS) is 22.8. The molecule has 0 bridgehead atoms. The minimum atomic E-state index is -1.37. The molecule has 10 heteroatoms. The fraction of sp³-hybridized carbons (Fsp3) is 0.679. The van der Waals surface area contributed by atoms with Gasteiger partial charge in [-0.3, -0.25) is 15.0 Å². The number of rotatable bonds is 12. The Labute approximate surface area is 225 Å². The fourth-order valence-electron chi connectivity index (χ4n) is 4.72. The van der Waals surface area contributed by atoms with E-state index in [1.165, 1.54) is 0 Å². The Bertz CT molecular complexity index is 968. The second kappa shape index (κ2) is 12.9. The maximum atomic E-state index is 13.6. The van der Waals surface area contributed by atoms with E-state index < -0.39 is 34.7 Å². The Hall–Kier alpha value is -2.69. The zero-order valence-corrected chi connectivity index (χ0v) is 23.0. The maximum Gasteiger partial charge on any atom is 0.306 e. The van der Waals surface area contributed by atoms with E-state index in [9.17, 15) is 14.7 Å². The number of nitrogens with zero attached hydrogens (tertiary/aromatic N) is 1. The summed E-state index contributed by atoms with van der Waals surface area (Å²) in [7, 11) is 0. The lowest BCUT2D eigenvalue weighted by Crippen LogP contribution is -2.57. The number of esters is 1. The largest absolute Gasteiger partial charge is 0.494 e. The molecule has 0 saturated heterocycles. The molecule has 0 unspecified atom stereocenters. The van der Waals surface area contributed by atoms with Crippen LogP contribution in [0.4, 0.5) is 0 Å². The van der Waals surface area contributed by atoms with E-state index in [2.05, 4.69) is 10.9 Å². The molecule has 1 aromatic carbocycles. The molecule has 1 amide bonds. The summed E-state index contributed by atoms with van der Waals surface area (Å²) in [6.45, 7) is 7.82. The van der Waals surface area contributed by atoms with Crippen molar-refractivity contribution in [2.24, 2.45) is 4.99 Å². The zero-order chi connectivity index (χ0) is 27.8. The van der Waals surface area contributed by atoms with Crippen LogP contribution >= 0.6 is 0 Å². The van der Waals surface area contributed by atoms with Crippen molar-refractivity contribution in [3.63, 3.8) is 0 Å². The van der Waals surface area contributed by atoms with Gasteiger partial charge >= 0.3 is 5.97 Å². The second-order valence-electron chi connectivity index (χ2n) is 11.2. The number of hydrogen-bond donors (Lipinski definition) is 4. The van der Waals surface area contributed by atoms with E-state index in [0.717, 1.165) is 19.3 Å². The van der Waals surface area contributed by atoms with Gasteiger partial charge < -0.3 is 24.4 Å². The quantitative estimate of drug-likeness (QED) is 0.183. The van der Waals surface area contributed by atoms with Gasteiger partial charge in [-0.2, -0.15) is 0 Å². The molecule has 1 aromatic rings. The second-order valence-corrected chi connectivity index (χ2v) is 11.2. The van der Waals surface area contributed by atoms with E-state index in [0.29, 0.717) is 43.1 Å². The summed E-state index contributed by atoms with van der Waals surface area (Å²) in [5.41, 5.74) is 3.42. The van der Waals surface area contributed by atoms with Crippen LogP contribution < -0.4 is 15.6 Å². The number of aliphatic hydroxyl groups excluding tert-OH is 1. The Morgan fingerprint density at radius 1 is 1.16 bits per heavy atom. The molecule has 4 N–H and O–H groups in total. The number of amides is 1. The lowest BCUT2D eigenvalue weighted by Gasteiger charge is -2.33. The van der Waals surface area contributed by atoms with Gasteiger partial charge in [0.1, 0.15) is 17.5 Å². The number of hydrazine groups is 1. The molecule has 0 spiro atoms. The highest BCUT2D eigenvalue weighted by Gasteiger charge is 2.50. The zero-order valence-electron chi connectivity index (χ0n) is 23.0. The average molecular weight is 534 g/mol. The molecule has 1 heterocycles. The number of aliphatic hydroxyl groups is 2. The van der Waals surface area contributed by atoms with E-state index in [1.807, 2.05) is 0 Å². The standard InChI is InChI=1S/C28H43N3O7/c1-20-28(16-13-23(33)38-26(2,3)4,25(34)31-29-19-27(35)14-6-5-7-15-27)30-24(37-20)21-9-11-22(12-10-21)36-18-8-17-32/h9-12,20,29,32,35H,5-8,13-19H2,1-4H3,(H,31,34)/t20-,28-/m0/s1. The fourth-order valence-corrected chi connectivity index (χ4v) is 4.72. The number of carbonyl (C=O) groups is 2. The molecule has 212 valence electrons. The Morgan fingerprint density at radius 3 is 2.47 bits per heavy atom. The third kappa shape index (κ3) is 8.15. The highest BCUT2D eigenvalue weighted by molar-refractivity contribution is 6.00. The van der Waals surface area contributed by atoms with E-state index in [-0.39, 0.29) is 26.0 Å². The molecule has 1 aliphatic heterocycles. The van der Waals surface area contributed by atoms with Crippen molar-refractivity contribution in [3.05, 3.63) is 29.8 Å². The van der Waals surface area contributed by atoms with Gasteiger partial charge in [-0.1, -0.05) is 19.3 Å². The first-order valence-corrected chi connectivity index (χ1v) is 13.5. The molecule has 1 saturated carbocycles. The van der Waals surface area contributed by atoms with Crippen molar-refractivity contribution in [1.29, 1.82) is 0 Å². The number of aliphatic imine (C=N–C) groups is 1. The maximum absolute atomic E-state index is 13.6. The first-order chi connectivity index (χ1) is 18.0. The third-order valence-electron chi connectivity index (χ3n) is 6.86. The van der Waals surface area contributed by atoms with Crippen molar-refractivity contribution in [2.45, 2.75) is 102 Å². The van der Waals surface area contributed by atoms with Crippen molar-refractivity contribution in [3.8, 4) is 5.75 Å². The van der Waals surface area contributed by atoms with Crippen LogP contribution in [0.2, 0.25) is 0 Å². The summed E-state index contributed by atoms with van der Waals surface area (Å²) in [6, 6.07) is 7.13. The highest BCUT2D eigenvalue weighted by Crippen LogP contribution is 2.34. The number of nitrogens with one attached hydrogen (secondary N) is 2. The van der Waals surface area contributed by atoms with Crippen LogP contribution in [-0.4, -0.2) is 70.6 Å². The van der Waals surface area contributed by atoms with Gasteiger partial charge in [-0.05, 0) is 71.2 Å². The first-order valence-electron chi connectivity index (χ1n) is 13.5. The Morgan fingerprint density at radius 2 is 1.84 bits per heavy atom. The van der Waals surface area contributed by atoms with Crippen LogP contribution in [0.1, 0.15) is 84.6 Å². The number of carbonyl (C=O) groups excluding carboxylic acids is 2. The topological polar surface area (TPSA) is 139 Å². The SMILES string of the molecule is C[C@@H]1OC(c2ccc(OCCCO)cc2)=N[C@]1(CCC(=O)OC(C)(C)C)C(=O)NNCC1(O)CCCCC1. The molecule has 1 fully saturated rings. The highest BCUT2D eigenvalue weighted by atomic mass is 16.6. The van der Waals surface area contributed by atoms with E-state index >= 15 is 0 Å². The van der Waals surface area contributed by atoms with Crippen LogP contribution in [0.15, 0.2) is 29.3 Å². The van der Waals surface area contributed by atoms with E-state index in [1.54, 1.807) is 52.0 Å². The van der Waals surface area contributed by atoms with Crippen molar-refractivity contribution < 1.29 is 34.0 Å². The molecule has 2 aliphatic rings. The summed E-state index contributed by atoms with van der Waals surface area (Å²) in [5.74, 6) is 0.0820. The van der Waals surface area contributed by atoms with Gasteiger partial charge in [-0.15, -0.1) is 0 Å². The smallest absolute Gasteiger partial charge is 0.306 e. The minimum absolute atomic E-state index is 0.0171. The molecular weight excluding hydrogens is 490 g/mol. The predicted octanol–water partition coefficient (Wildman–Crippen LogP) is 2.79. The van der Waals surface area contributed by atoms with Gasteiger partial charge in [0.05, 0.1) is 12.2 Å². The van der Waals surface area contributed by atoms with Gasteiger partial charge in [-0.25, -0.2) is 10.4 Å². The van der Waals surface area contributed by atoms with Gasteiger partial charge in [0.15, 0.2) is 5.54 Å². The summed E-state index contributed by atoms with van der Waals surface area (Å²) in [6.07, 6.45) is 4.33. The molecule has 0 aromatic heterocycles. The number of benzene rings is 1. The molecule has 2 atom stereocenters. The van der Waals surface area contributed by atoms with Crippen LogP contribution in [0.5, 0.6) is 5.75 Å². The number of hydrogen-bond acceptors (Lipinski definition) is 9. The van der Waals surface area contributed by atoms with E-state index in [4.69, 9.17) is 24.3 Å². The van der Waals surface area contributed by atoms with Gasteiger partial charge in [0.25, 0.3) is 5.91 Å². The summed E-state index contributed by atoms with van der Waals surface area (Å²) in [4.78, 5) is 30.8. The van der Waals surface area contributed by atoms with Crippen LogP contribution in [-0.2, 0) is 19.1 Å². The van der Waals surface area contributed by atoms with Crippen molar-refractivity contribution >= 4 is 17.8 Å². The molecule has 0 radical (unpaired) electrons. The Kier molecular flexibility index (Phi) is 10.1. The first kappa shape index (κ1) is 29.9. The Balaban J connectivity index is 1.76. The average Bonchev–Trinajstić information content (AvgIpc) is 3.20. The molecule has 3 rings (SSSR count). The van der Waals surface area contributed by atoms with Crippen molar-refractivity contribution in [2.75, 3.05) is 19.8 Å². The number of ether oxygens (including phenoxy) is 3. The van der Waals surface area contributed by atoms with Crippen LogP contribution in [0.3, 0.4) is 0 Å². The molecular formula is C28H43N3O7. The molecule has 1 aliphatic carbocycles. The lowest BCUT2D eigenvalue weighted by atomic mass is 9.85. The molecule has 10 nitrogen and oxygen atoms in total. The van der Waals surface area contributed by atoms with Gasteiger partial charge in [0, 0.05) is 31.6 Å². The van der Waals surface area contributed by atoms with Crippen LogP contribution in [0, 0.1) is 0 Å².